The van der Waals surface area contributed by atoms with Crippen molar-refractivity contribution in [2.24, 2.45) is 0 Å². The third-order valence-electron chi connectivity index (χ3n) is 3.78. The molecule has 2 amide bonds. The van der Waals surface area contributed by atoms with Crippen LogP contribution >= 0.6 is 0 Å². The Morgan fingerprint density at radius 2 is 2.37 bits per heavy atom. The summed E-state index contributed by atoms with van der Waals surface area (Å²) in [5.74, 6) is 0.737. The Kier molecular flexibility index (Phi) is 2.75. The number of carbonyl (C=O) groups excluding carboxylic acids is 1. The van der Waals surface area contributed by atoms with E-state index in [0.717, 1.165) is 24.5 Å². The van der Waals surface area contributed by atoms with Crippen LogP contribution in [0.4, 0.5) is 10.6 Å². The number of carbonyl (C=O) groups is 1. The predicted octanol–water partition coefficient (Wildman–Crippen LogP) is 0.476. The van der Waals surface area contributed by atoms with Gasteiger partial charge >= 0.3 is 6.03 Å². The lowest BCUT2D eigenvalue weighted by atomic mass is 10.1. The first-order valence-corrected chi connectivity index (χ1v) is 6.36. The van der Waals surface area contributed by atoms with Crippen molar-refractivity contribution in [3.05, 3.63) is 23.4 Å². The minimum Gasteiger partial charge on any atom is -0.352 e. The van der Waals surface area contributed by atoms with Gasteiger partial charge in [0.05, 0.1) is 11.6 Å². The van der Waals surface area contributed by atoms with Crippen molar-refractivity contribution >= 4 is 11.8 Å². The Hall–Kier alpha value is -2.29. The second kappa shape index (κ2) is 4.43. The number of aromatic nitrogens is 1. The lowest BCUT2D eigenvalue weighted by molar-refractivity contribution is 0.197. The summed E-state index contributed by atoms with van der Waals surface area (Å²) >= 11 is 0. The second-order valence-corrected chi connectivity index (χ2v) is 4.92. The summed E-state index contributed by atoms with van der Waals surface area (Å²) in [7, 11) is 0. The van der Waals surface area contributed by atoms with Gasteiger partial charge in [-0.1, -0.05) is 0 Å². The van der Waals surface area contributed by atoms with Gasteiger partial charge in [0.25, 0.3) is 0 Å². The van der Waals surface area contributed by atoms with Gasteiger partial charge in [0.2, 0.25) is 0 Å². The molecule has 0 aliphatic carbocycles. The molecular formula is C13H15N5O. The number of aryl methyl sites for hydroxylation is 1. The van der Waals surface area contributed by atoms with Crippen LogP contribution in [0.5, 0.6) is 0 Å². The number of anilines is 1. The fraction of sp³-hybridized carbons (Fsp3) is 0.462. The van der Waals surface area contributed by atoms with E-state index in [9.17, 15) is 10.1 Å². The molecule has 0 aromatic carbocycles. The van der Waals surface area contributed by atoms with Crippen LogP contribution in [-0.2, 0) is 0 Å². The molecule has 2 fully saturated rings. The molecule has 3 rings (SSSR count). The van der Waals surface area contributed by atoms with Crippen molar-refractivity contribution in [2.75, 3.05) is 31.1 Å². The lowest BCUT2D eigenvalue weighted by Gasteiger charge is -2.37. The summed E-state index contributed by atoms with van der Waals surface area (Å²) in [4.78, 5) is 19.9. The molecule has 0 saturated carbocycles. The lowest BCUT2D eigenvalue weighted by Crippen LogP contribution is -2.52. The third kappa shape index (κ3) is 1.87. The summed E-state index contributed by atoms with van der Waals surface area (Å²) in [6.45, 7) is 4.71. The van der Waals surface area contributed by atoms with E-state index < -0.39 is 0 Å². The SMILES string of the molecule is Cc1ccnc(N2CCN3C(=O)NCC3C2)c1C#N. The van der Waals surface area contributed by atoms with Gasteiger partial charge in [0.15, 0.2) is 0 Å². The maximum absolute atomic E-state index is 11.6. The summed E-state index contributed by atoms with van der Waals surface area (Å²) in [5, 5.41) is 12.1. The Morgan fingerprint density at radius 1 is 1.53 bits per heavy atom. The van der Waals surface area contributed by atoms with E-state index in [-0.39, 0.29) is 12.1 Å². The van der Waals surface area contributed by atoms with Crippen molar-refractivity contribution in [1.29, 1.82) is 5.26 Å². The molecule has 19 heavy (non-hydrogen) atoms. The van der Waals surface area contributed by atoms with Crippen LogP contribution in [0.1, 0.15) is 11.1 Å². The topological polar surface area (TPSA) is 72.3 Å². The molecule has 2 saturated heterocycles. The molecule has 6 nitrogen and oxygen atoms in total. The molecule has 1 aromatic heterocycles. The van der Waals surface area contributed by atoms with Crippen molar-refractivity contribution in [3.8, 4) is 6.07 Å². The van der Waals surface area contributed by atoms with Crippen LogP contribution in [0.25, 0.3) is 0 Å². The molecule has 2 aliphatic rings. The monoisotopic (exact) mass is 257 g/mol. The second-order valence-electron chi connectivity index (χ2n) is 4.92. The summed E-state index contributed by atoms with van der Waals surface area (Å²) in [6, 6.07) is 4.27. The number of rotatable bonds is 1. The Labute approximate surface area is 111 Å². The largest absolute Gasteiger partial charge is 0.352 e. The zero-order chi connectivity index (χ0) is 13.4. The first-order chi connectivity index (χ1) is 9.20. The van der Waals surface area contributed by atoms with E-state index in [1.54, 1.807) is 6.20 Å². The summed E-state index contributed by atoms with van der Waals surface area (Å²) < 4.78 is 0. The predicted molar refractivity (Wildman–Crippen MR) is 69.8 cm³/mol. The molecule has 0 bridgehead atoms. The van der Waals surface area contributed by atoms with Crippen LogP contribution in [0.15, 0.2) is 12.3 Å². The fourth-order valence-electron chi connectivity index (χ4n) is 2.72. The van der Waals surface area contributed by atoms with Gasteiger partial charge in [0.1, 0.15) is 11.9 Å². The Morgan fingerprint density at radius 3 is 3.16 bits per heavy atom. The Balaban J connectivity index is 1.87. The molecule has 2 aliphatic heterocycles. The fourth-order valence-corrected chi connectivity index (χ4v) is 2.72. The highest BCUT2D eigenvalue weighted by atomic mass is 16.2. The van der Waals surface area contributed by atoms with Gasteiger partial charge in [-0.25, -0.2) is 9.78 Å². The smallest absolute Gasteiger partial charge is 0.317 e. The molecule has 3 heterocycles. The number of fused-ring (bicyclic) bond motifs is 1. The molecule has 0 radical (unpaired) electrons. The van der Waals surface area contributed by atoms with Crippen LogP contribution in [0.3, 0.4) is 0 Å². The number of pyridine rings is 1. The highest BCUT2D eigenvalue weighted by Gasteiger charge is 2.36. The van der Waals surface area contributed by atoms with Crippen LogP contribution < -0.4 is 10.2 Å². The normalized spacial score (nSPS) is 21.9. The van der Waals surface area contributed by atoms with E-state index in [2.05, 4.69) is 21.3 Å². The average Bonchev–Trinajstić information content (AvgIpc) is 2.79. The first-order valence-electron chi connectivity index (χ1n) is 6.36. The maximum atomic E-state index is 11.6. The minimum atomic E-state index is 0.0161. The number of nitriles is 1. The number of nitrogens with one attached hydrogen (secondary N) is 1. The molecule has 1 unspecified atom stereocenters. The number of hydrogen-bond donors (Lipinski definition) is 1. The zero-order valence-electron chi connectivity index (χ0n) is 10.8. The molecule has 1 N–H and O–H groups in total. The van der Waals surface area contributed by atoms with Gasteiger partial charge in [-0.3, -0.25) is 0 Å². The van der Waals surface area contributed by atoms with Crippen molar-refractivity contribution in [2.45, 2.75) is 13.0 Å². The number of nitrogens with zero attached hydrogens (tertiary/aromatic N) is 4. The molecule has 0 spiro atoms. The molecular weight excluding hydrogens is 242 g/mol. The van der Waals surface area contributed by atoms with E-state index >= 15 is 0 Å². The number of amides is 2. The molecule has 6 heteroatoms. The number of hydrogen-bond acceptors (Lipinski definition) is 4. The van der Waals surface area contributed by atoms with Gasteiger partial charge in [-0.2, -0.15) is 5.26 Å². The van der Waals surface area contributed by atoms with Crippen LogP contribution in [0, 0.1) is 18.3 Å². The molecule has 98 valence electrons. The van der Waals surface area contributed by atoms with Crippen molar-refractivity contribution in [1.82, 2.24) is 15.2 Å². The number of piperazine rings is 1. The number of urea groups is 1. The standard InChI is InChI=1S/C13H15N5O/c1-9-2-3-15-12(11(9)6-14)17-4-5-18-10(8-17)7-16-13(18)19/h2-3,10H,4-5,7-8H2,1H3,(H,16,19). The van der Waals surface area contributed by atoms with Crippen molar-refractivity contribution in [3.63, 3.8) is 0 Å². The summed E-state index contributed by atoms with van der Waals surface area (Å²) in [5.41, 5.74) is 1.57. The van der Waals surface area contributed by atoms with Gasteiger partial charge < -0.3 is 15.1 Å². The molecule has 1 aromatic rings. The van der Waals surface area contributed by atoms with Crippen LogP contribution in [-0.4, -0.2) is 48.1 Å². The van der Waals surface area contributed by atoms with Crippen LogP contribution in [0.2, 0.25) is 0 Å². The maximum Gasteiger partial charge on any atom is 0.317 e. The first kappa shape index (κ1) is 11.8. The van der Waals surface area contributed by atoms with E-state index in [1.165, 1.54) is 0 Å². The summed E-state index contributed by atoms with van der Waals surface area (Å²) in [6.07, 6.45) is 1.73. The Bertz CT molecular complexity index is 565. The third-order valence-corrected chi connectivity index (χ3v) is 3.78. The minimum absolute atomic E-state index is 0.0161. The van der Waals surface area contributed by atoms with Crippen molar-refractivity contribution < 1.29 is 4.79 Å². The zero-order valence-corrected chi connectivity index (χ0v) is 10.8. The highest BCUT2D eigenvalue weighted by molar-refractivity contribution is 5.77. The van der Waals surface area contributed by atoms with Gasteiger partial charge in [0, 0.05) is 32.4 Å². The van der Waals surface area contributed by atoms with E-state index in [4.69, 9.17) is 0 Å². The quantitative estimate of drug-likeness (QED) is 0.794. The highest BCUT2D eigenvalue weighted by Crippen LogP contribution is 2.24. The van der Waals surface area contributed by atoms with E-state index in [1.807, 2.05) is 17.9 Å². The van der Waals surface area contributed by atoms with Gasteiger partial charge in [-0.05, 0) is 18.6 Å². The van der Waals surface area contributed by atoms with E-state index in [0.29, 0.717) is 18.7 Å². The molecule has 1 atom stereocenters. The average molecular weight is 257 g/mol. The van der Waals surface area contributed by atoms with Gasteiger partial charge in [-0.15, -0.1) is 0 Å².